The molecule has 0 spiro atoms. The van der Waals surface area contributed by atoms with Crippen molar-refractivity contribution < 1.29 is 58.3 Å². The number of unbranched alkanes of at least 4 members (excludes halogenated alkanes) is 2. The van der Waals surface area contributed by atoms with Crippen LogP contribution >= 0.6 is 11.6 Å². The number of hydrogen-bond donors (Lipinski definition) is 4. The van der Waals surface area contributed by atoms with Gasteiger partial charge in [-0.3, -0.25) is 29.4 Å². The number of aliphatic hydroxyl groups is 3. The minimum absolute atomic E-state index is 0.110. The molecule has 4 heterocycles. The molecule has 3 saturated heterocycles. The van der Waals surface area contributed by atoms with E-state index in [2.05, 4.69) is 5.32 Å². The average Bonchev–Trinajstić information content (AvgIpc) is 3.83. The number of amides is 5. The van der Waals surface area contributed by atoms with Gasteiger partial charge >= 0.3 is 12.1 Å². The van der Waals surface area contributed by atoms with Gasteiger partial charge in [0.25, 0.3) is 0 Å². The molecule has 330 valence electrons. The number of alkyl carbamates (subject to hydrolysis) is 1. The van der Waals surface area contributed by atoms with Gasteiger partial charge in [-0.25, -0.2) is 9.59 Å². The molecule has 9 atom stereocenters. The summed E-state index contributed by atoms with van der Waals surface area (Å²) in [5.74, 6) is -3.82. The molecular formula is C43H59ClN4O12. The second kappa shape index (κ2) is 19.1. The first-order chi connectivity index (χ1) is 28.2. The molecule has 0 radical (unpaired) electrons. The molecule has 0 saturated carbocycles. The van der Waals surface area contributed by atoms with Crippen molar-refractivity contribution in [3.63, 3.8) is 0 Å². The Labute approximate surface area is 355 Å². The summed E-state index contributed by atoms with van der Waals surface area (Å²) in [6.07, 6.45) is 3.12. The van der Waals surface area contributed by atoms with Crippen molar-refractivity contribution in [3.8, 4) is 0 Å². The first kappa shape index (κ1) is 46.7. The number of benzene rings is 1. The number of likely N-dealkylation sites (N-methyl/N-ethyl adjacent to an activating group) is 1. The molecule has 1 aromatic carbocycles. The summed E-state index contributed by atoms with van der Waals surface area (Å²) in [5, 5.41) is 34.9. The molecule has 5 amide bonds. The third-order valence-corrected chi connectivity index (χ3v) is 12.9. The molecule has 16 nitrogen and oxygen atoms in total. The number of likely N-dealkylation sites (tertiary alicyclic amines) is 1. The minimum Gasteiger partial charge on any atom is -0.457 e. The van der Waals surface area contributed by atoms with Crippen molar-refractivity contribution in [2.24, 2.45) is 17.8 Å². The predicted molar refractivity (Wildman–Crippen MR) is 219 cm³/mol. The molecule has 2 unspecified atom stereocenters. The van der Waals surface area contributed by atoms with E-state index < -0.39 is 78.7 Å². The summed E-state index contributed by atoms with van der Waals surface area (Å²) in [6, 6.07) is 2.40. The highest BCUT2D eigenvalue weighted by atomic mass is 35.5. The van der Waals surface area contributed by atoms with Gasteiger partial charge in [-0.05, 0) is 57.2 Å². The fraction of sp³-hybridized carbons (Fsp3) is 0.628. The van der Waals surface area contributed by atoms with Gasteiger partial charge < -0.3 is 39.3 Å². The van der Waals surface area contributed by atoms with Gasteiger partial charge in [0.2, 0.25) is 23.6 Å². The normalized spacial score (nSPS) is 31.7. The van der Waals surface area contributed by atoms with Crippen LogP contribution in [0.3, 0.4) is 0 Å². The minimum atomic E-state index is -1.89. The summed E-state index contributed by atoms with van der Waals surface area (Å²) in [4.78, 5) is 82.4. The van der Waals surface area contributed by atoms with E-state index in [1.807, 2.05) is 6.92 Å². The van der Waals surface area contributed by atoms with Crippen LogP contribution in [0.5, 0.6) is 0 Å². The number of ether oxygens (including phenoxy) is 3. The standard InChI is InChI=1S/C43H59ClN4O12/c1-24-12-11-13-30(23-50)43(57)21-32(58-41(56)45-43)26(3)38-42(5,60-38)33(20-35(52)47(7)31-19-28(16-24)18-29(22-49)37(31)44)59-40(55)27(4)46(6)34(51)14-9-8-10-15-48-36(53)17-25(2)39(48)54/h11-13,18-19,25-27,30,32-33,38,49-50,57H,8-10,14-17,20-23H2,1-7H3,(H,45,56)/b13-11+,24-12+/t25?,26-,27+,30+,32+,33+,38?,42+,43+/m1/s1. The molecule has 5 rings (SSSR count). The SMILES string of the molecule is C/C1=C\C=C\[C@@H](CO)[C@@]2(O)C[C@H](OC(=O)N2)[C@@H](C)C2O[C@@]2(C)[C@@H](OC(=O)[C@H](C)N(C)C(=O)CCCCCN2C(=O)CC(C)C2=O)CC(=O)N(C)c2cc(cc(CO)c2Cl)C1. The van der Waals surface area contributed by atoms with E-state index in [1.54, 1.807) is 51.1 Å². The highest BCUT2D eigenvalue weighted by molar-refractivity contribution is 6.34. The van der Waals surface area contributed by atoms with Gasteiger partial charge in [-0.2, -0.15) is 0 Å². The number of aliphatic hydroxyl groups excluding tert-OH is 2. The van der Waals surface area contributed by atoms with Crippen LogP contribution in [-0.2, 0) is 51.2 Å². The Morgan fingerprint density at radius 3 is 2.47 bits per heavy atom. The average molecular weight is 859 g/mol. The fourth-order valence-electron chi connectivity index (χ4n) is 8.29. The number of imide groups is 1. The highest BCUT2D eigenvalue weighted by Crippen LogP contribution is 2.49. The predicted octanol–water partition coefficient (Wildman–Crippen LogP) is 3.55. The third-order valence-electron chi connectivity index (χ3n) is 12.5. The second-order valence-corrected chi connectivity index (χ2v) is 17.3. The van der Waals surface area contributed by atoms with Gasteiger partial charge in [-0.15, -0.1) is 0 Å². The molecule has 4 aliphatic rings. The lowest BCUT2D eigenvalue weighted by molar-refractivity contribution is -0.162. The zero-order valence-corrected chi connectivity index (χ0v) is 36.2. The number of nitrogens with one attached hydrogen (secondary N) is 1. The molecule has 4 bridgehead atoms. The first-order valence-corrected chi connectivity index (χ1v) is 20.9. The molecule has 60 heavy (non-hydrogen) atoms. The van der Waals surface area contributed by atoms with Crippen molar-refractivity contribution in [1.82, 2.24) is 15.1 Å². The monoisotopic (exact) mass is 858 g/mol. The maximum atomic E-state index is 14.2. The Hall–Kier alpha value is -4.35. The van der Waals surface area contributed by atoms with Crippen LogP contribution in [0.2, 0.25) is 5.02 Å². The van der Waals surface area contributed by atoms with Crippen molar-refractivity contribution in [2.75, 3.05) is 32.1 Å². The Kier molecular flexibility index (Phi) is 14.9. The Bertz CT molecular complexity index is 1910. The smallest absolute Gasteiger partial charge is 0.409 e. The maximum absolute atomic E-state index is 14.2. The van der Waals surface area contributed by atoms with E-state index >= 15 is 0 Å². The number of allylic oxidation sites excluding steroid dienone is 3. The molecular weight excluding hydrogens is 800 g/mol. The number of fused-ring (bicyclic) bond motifs is 5. The van der Waals surface area contributed by atoms with E-state index in [4.69, 9.17) is 25.8 Å². The first-order valence-electron chi connectivity index (χ1n) is 20.6. The Morgan fingerprint density at radius 2 is 1.82 bits per heavy atom. The molecule has 4 N–H and O–H groups in total. The van der Waals surface area contributed by atoms with Crippen LogP contribution in [0.15, 0.2) is 35.9 Å². The number of halogens is 1. The number of epoxide rings is 1. The van der Waals surface area contributed by atoms with Crippen LogP contribution in [0, 0.1) is 17.8 Å². The number of esters is 1. The van der Waals surface area contributed by atoms with Crippen LogP contribution in [0.4, 0.5) is 10.5 Å². The van der Waals surface area contributed by atoms with Crippen molar-refractivity contribution in [2.45, 2.75) is 128 Å². The van der Waals surface area contributed by atoms with Gasteiger partial charge in [0, 0.05) is 57.7 Å². The lowest BCUT2D eigenvalue weighted by Crippen LogP contribution is -2.62. The van der Waals surface area contributed by atoms with Gasteiger partial charge in [0.05, 0.1) is 36.4 Å². The van der Waals surface area contributed by atoms with Gasteiger partial charge in [0.15, 0.2) is 5.72 Å². The van der Waals surface area contributed by atoms with E-state index in [0.717, 1.165) is 11.1 Å². The summed E-state index contributed by atoms with van der Waals surface area (Å²) in [5.41, 5.74) is -0.871. The summed E-state index contributed by atoms with van der Waals surface area (Å²) in [6.45, 7) is 7.93. The molecule has 0 aliphatic carbocycles. The largest absolute Gasteiger partial charge is 0.457 e. The van der Waals surface area contributed by atoms with Crippen LogP contribution in [0.25, 0.3) is 0 Å². The van der Waals surface area contributed by atoms with Crippen LogP contribution in [-0.4, -0.2) is 124 Å². The molecule has 3 fully saturated rings. The molecule has 17 heteroatoms. The van der Waals surface area contributed by atoms with E-state index in [-0.39, 0.29) is 54.3 Å². The maximum Gasteiger partial charge on any atom is 0.409 e. The zero-order valence-electron chi connectivity index (χ0n) is 35.4. The zero-order chi connectivity index (χ0) is 44.3. The van der Waals surface area contributed by atoms with Crippen molar-refractivity contribution in [1.29, 1.82) is 0 Å². The topological polar surface area (TPSA) is 216 Å². The van der Waals surface area contributed by atoms with E-state index in [0.29, 0.717) is 43.5 Å². The highest BCUT2D eigenvalue weighted by Gasteiger charge is 2.64. The summed E-state index contributed by atoms with van der Waals surface area (Å²) in [7, 11) is 3.01. The molecule has 4 aliphatic heterocycles. The lowest BCUT2D eigenvalue weighted by atomic mass is 9.81. The second-order valence-electron chi connectivity index (χ2n) is 17.0. The van der Waals surface area contributed by atoms with E-state index in [1.165, 1.54) is 35.7 Å². The summed E-state index contributed by atoms with van der Waals surface area (Å²) < 4.78 is 18.0. The number of anilines is 1. The number of nitrogens with zero attached hydrogens (tertiary/aromatic N) is 3. The number of carbonyl (C=O) groups excluding carboxylic acids is 6. The van der Waals surface area contributed by atoms with Crippen molar-refractivity contribution in [3.05, 3.63) is 52.1 Å². The molecule has 0 aromatic heterocycles. The van der Waals surface area contributed by atoms with Crippen LogP contribution < -0.4 is 10.2 Å². The fourth-order valence-corrected chi connectivity index (χ4v) is 8.58. The van der Waals surface area contributed by atoms with Gasteiger partial charge in [0.1, 0.15) is 23.9 Å². The lowest BCUT2D eigenvalue weighted by Gasteiger charge is -2.42. The Morgan fingerprint density at radius 1 is 1.10 bits per heavy atom. The Balaban J connectivity index is 1.37. The van der Waals surface area contributed by atoms with E-state index in [9.17, 15) is 44.1 Å². The molecule has 1 aromatic rings. The quantitative estimate of drug-likeness (QED) is 0.109. The number of rotatable bonds is 11. The van der Waals surface area contributed by atoms with Crippen LogP contribution in [0.1, 0.15) is 90.7 Å². The summed E-state index contributed by atoms with van der Waals surface area (Å²) >= 11 is 6.74. The third kappa shape index (κ3) is 10.2. The van der Waals surface area contributed by atoms with Crippen molar-refractivity contribution >= 4 is 53.0 Å². The van der Waals surface area contributed by atoms with Gasteiger partial charge in [-0.1, -0.05) is 61.7 Å². The number of hydrogen-bond acceptors (Lipinski definition) is 12. The number of carbonyl (C=O) groups is 6.